The summed E-state index contributed by atoms with van der Waals surface area (Å²) in [6.07, 6.45) is 1.25. The summed E-state index contributed by atoms with van der Waals surface area (Å²) in [6.45, 7) is 0. The van der Waals surface area contributed by atoms with Crippen molar-refractivity contribution in [3.05, 3.63) is 40.8 Å². The van der Waals surface area contributed by atoms with Crippen molar-refractivity contribution in [2.45, 2.75) is 0 Å². The lowest BCUT2D eigenvalue weighted by atomic mass is 10.2. The van der Waals surface area contributed by atoms with E-state index in [9.17, 15) is 4.39 Å². The van der Waals surface area contributed by atoms with E-state index in [-0.39, 0.29) is 28.2 Å². The molecular weight excluding hydrogens is 259 g/mol. The lowest BCUT2D eigenvalue weighted by Crippen LogP contribution is -1.98. The average Bonchev–Trinajstić information content (AvgIpc) is 2.36. The predicted molar refractivity (Wildman–Crippen MR) is 62.6 cm³/mol. The van der Waals surface area contributed by atoms with Gasteiger partial charge in [0.25, 0.3) is 0 Å². The lowest BCUT2D eigenvalue weighted by Gasteiger charge is -2.07. The zero-order valence-corrected chi connectivity index (χ0v) is 9.65. The quantitative estimate of drug-likeness (QED) is 0.901. The summed E-state index contributed by atoms with van der Waals surface area (Å²) in [4.78, 5) is 7.38. The molecule has 0 saturated heterocycles. The molecule has 0 spiro atoms. The fourth-order valence-electron chi connectivity index (χ4n) is 1.19. The molecule has 1 heterocycles. The second-order valence-electron chi connectivity index (χ2n) is 3.24. The van der Waals surface area contributed by atoms with E-state index in [2.05, 4.69) is 9.97 Å². The van der Waals surface area contributed by atoms with E-state index in [1.54, 1.807) is 0 Å². The summed E-state index contributed by atoms with van der Waals surface area (Å²) in [7, 11) is 0. The first kappa shape index (κ1) is 12.1. The maximum atomic E-state index is 13.6. The van der Waals surface area contributed by atoms with Crippen molar-refractivity contribution < 1.29 is 9.13 Å². The van der Waals surface area contributed by atoms with Crippen molar-refractivity contribution in [1.29, 1.82) is 5.26 Å². The SMILES string of the molecule is N#Cc1ccc(Oc2nc(N)ncc2Cl)c(F)c1. The van der Waals surface area contributed by atoms with Gasteiger partial charge in [-0.25, -0.2) is 9.37 Å². The van der Waals surface area contributed by atoms with Crippen LogP contribution in [0.2, 0.25) is 5.02 Å². The number of nitrogens with two attached hydrogens (primary N) is 1. The Bertz CT molecular complexity index is 641. The average molecular weight is 265 g/mol. The minimum absolute atomic E-state index is 0.0385. The van der Waals surface area contributed by atoms with Gasteiger partial charge < -0.3 is 10.5 Å². The Balaban J connectivity index is 2.34. The fourth-order valence-corrected chi connectivity index (χ4v) is 1.32. The van der Waals surface area contributed by atoms with E-state index in [0.717, 1.165) is 6.07 Å². The largest absolute Gasteiger partial charge is 0.434 e. The Hall–Kier alpha value is -2.39. The molecule has 90 valence electrons. The van der Waals surface area contributed by atoms with Gasteiger partial charge in [0.1, 0.15) is 5.02 Å². The third-order valence-corrected chi connectivity index (χ3v) is 2.26. The molecule has 0 aliphatic carbocycles. The van der Waals surface area contributed by atoms with Crippen LogP contribution in [0, 0.1) is 17.1 Å². The molecule has 0 saturated carbocycles. The third kappa shape index (κ3) is 2.47. The fraction of sp³-hybridized carbons (Fsp3) is 0. The zero-order valence-electron chi connectivity index (χ0n) is 8.89. The van der Waals surface area contributed by atoms with Gasteiger partial charge in [-0.3, -0.25) is 0 Å². The van der Waals surface area contributed by atoms with Crippen LogP contribution in [0.3, 0.4) is 0 Å². The van der Waals surface area contributed by atoms with Crippen LogP contribution in [0.15, 0.2) is 24.4 Å². The van der Waals surface area contributed by atoms with Gasteiger partial charge >= 0.3 is 0 Å². The van der Waals surface area contributed by atoms with Gasteiger partial charge in [-0.1, -0.05) is 11.6 Å². The molecule has 0 aliphatic rings. The molecule has 18 heavy (non-hydrogen) atoms. The number of ether oxygens (including phenoxy) is 1. The molecule has 5 nitrogen and oxygen atoms in total. The number of rotatable bonds is 2. The summed E-state index contributed by atoms with van der Waals surface area (Å²) in [6, 6.07) is 5.58. The van der Waals surface area contributed by atoms with Crippen LogP contribution < -0.4 is 10.5 Å². The highest BCUT2D eigenvalue weighted by atomic mass is 35.5. The summed E-state index contributed by atoms with van der Waals surface area (Å²) in [5.74, 6) is -0.882. The molecule has 0 amide bonds. The van der Waals surface area contributed by atoms with Crippen LogP contribution in [-0.2, 0) is 0 Å². The van der Waals surface area contributed by atoms with Crippen molar-refractivity contribution in [1.82, 2.24) is 9.97 Å². The summed E-state index contributed by atoms with van der Waals surface area (Å²) in [5, 5.41) is 8.71. The Morgan fingerprint density at radius 3 is 2.89 bits per heavy atom. The van der Waals surface area contributed by atoms with Crippen LogP contribution in [-0.4, -0.2) is 9.97 Å². The van der Waals surface area contributed by atoms with Crippen LogP contribution in [0.5, 0.6) is 11.6 Å². The standard InChI is InChI=1S/C11H6ClFN4O/c12-7-5-16-11(15)17-10(7)18-9-2-1-6(4-14)3-8(9)13/h1-3,5H,(H2,15,16,17). The first-order valence-corrected chi connectivity index (χ1v) is 5.13. The van der Waals surface area contributed by atoms with Crippen LogP contribution in [0.4, 0.5) is 10.3 Å². The minimum atomic E-state index is -0.692. The molecule has 0 radical (unpaired) electrons. The second kappa shape index (κ2) is 4.85. The van der Waals surface area contributed by atoms with Crippen molar-refractivity contribution in [2.75, 3.05) is 5.73 Å². The number of aromatic nitrogens is 2. The van der Waals surface area contributed by atoms with Crippen molar-refractivity contribution in [3.8, 4) is 17.7 Å². The Labute approximate surface area is 107 Å². The number of hydrogen-bond donors (Lipinski definition) is 1. The monoisotopic (exact) mass is 264 g/mol. The van der Waals surface area contributed by atoms with Crippen LogP contribution in [0.25, 0.3) is 0 Å². The van der Waals surface area contributed by atoms with E-state index in [0.29, 0.717) is 0 Å². The second-order valence-corrected chi connectivity index (χ2v) is 3.65. The number of halogens is 2. The maximum Gasteiger partial charge on any atom is 0.243 e. The zero-order chi connectivity index (χ0) is 13.1. The molecule has 2 aromatic rings. The number of nitrogen functional groups attached to an aromatic ring is 1. The van der Waals surface area contributed by atoms with E-state index < -0.39 is 5.82 Å². The number of anilines is 1. The molecule has 0 fully saturated rings. The minimum Gasteiger partial charge on any atom is -0.434 e. The summed E-state index contributed by atoms with van der Waals surface area (Å²) in [5.41, 5.74) is 5.56. The molecule has 0 bridgehead atoms. The van der Waals surface area contributed by atoms with Crippen LogP contribution in [0.1, 0.15) is 5.56 Å². The topological polar surface area (TPSA) is 84.8 Å². The third-order valence-electron chi connectivity index (χ3n) is 2.00. The highest BCUT2D eigenvalue weighted by molar-refractivity contribution is 6.31. The Kier molecular flexibility index (Phi) is 3.26. The van der Waals surface area contributed by atoms with Gasteiger partial charge in [0.2, 0.25) is 11.8 Å². The number of hydrogen-bond acceptors (Lipinski definition) is 5. The Morgan fingerprint density at radius 1 is 1.44 bits per heavy atom. The van der Waals surface area contributed by atoms with Gasteiger partial charge in [0, 0.05) is 0 Å². The molecule has 2 rings (SSSR count). The molecule has 0 atom stereocenters. The molecule has 7 heteroatoms. The Morgan fingerprint density at radius 2 is 2.22 bits per heavy atom. The molecule has 0 aliphatic heterocycles. The normalized spacial score (nSPS) is 9.83. The number of nitriles is 1. The molecule has 1 aromatic carbocycles. The van der Waals surface area contributed by atoms with E-state index >= 15 is 0 Å². The predicted octanol–water partition coefficient (Wildman–Crippen LogP) is 2.52. The van der Waals surface area contributed by atoms with Gasteiger partial charge in [0.05, 0.1) is 17.8 Å². The highest BCUT2D eigenvalue weighted by Crippen LogP contribution is 2.29. The highest BCUT2D eigenvalue weighted by Gasteiger charge is 2.10. The first-order chi connectivity index (χ1) is 8.60. The van der Waals surface area contributed by atoms with Crippen LogP contribution >= 0.6 is 11.6 Å². The van der Waals surface area contributed by atoms with Crippen molar-refractivity contribution >= 4 is 17.5 Å². The van der Waals surface area contributed by atoms with E-state index in [1.807, 2.05) is 6.07 Å². The lowest BCUT2D eigenvalue weighted by molar-refractivity contribution is 0.427. The number of nitrogens with zero attached hydrogens (tertiary/aromatic N) is 3. The van der Waals surface area contributed by atoms with Gasteiger partial charge in [0.15, 0.2) is 11.6 Å². The first-order valence-electron chi connectivity index (χ1n) is 4.75. The van der Waals surface area contributed by atoms with Gasteiger partial charge in [-0.05, 0) is 18.2 Å². The maximum absolute atomic E-state index is 13.6. The van der Waals surface area contributed by atoms with Gasteiger partial charge in [-0.15, -0.1) is 0 Å². The van der Waals surface area contributed by atoms with Gasteiger partial charge in [-0.2, -0.15) is 10.2 Å². The van der Waals surface area contributed by atoms with E-state index in [4.69, 9.17) is 27.3 Å². The molecule has 2 N–H and O–H groups in total. The summed E-state index contributed by atoms with van der Waals surface area (Å²) >= 11 is 5.78. The number of benzene rings is 1. The molecular formula is C11H6ClFN4O. The summed E-state index contributed by atoms with van der Waals surface area (Å²) < 4.78 is 18.7. The van der Waals surface area contributed by atoms with Crippen molar-refractivity contribution in [2.24, 2.45) is 0 Å². The molecule has 0 unspecified atom stereocenters. The molecule has 1 aromatic heterocycles. The van der Waals surface area contributed by atoms with E-state index in [1.165, 1.54) is 18.3 Å². The smallest absolute Gasteiger partial charge is 0.243 e. The van der Waals surface area contributed by atoms with Crippen molar-refractivity contribution in [3.63, 3.8) is 0 Å².